The Bertz CT molecular complexity index is 730. The fraction of sp³-hybridized carbons (Fsp3) is 0.333. The second-order valence-corrected chi connectivity index (χ2v) is 5.57. The number of amides is 2. The molecule has 0 saturated carbocycles. The molecule has 0 fully saturated rings. The van der Waals surface area contributed by atoms with Crippen molar-refractivity contribution < 1.29 is 23.5 Å². The predicted octanol–water partition coefficient (Wildman–Crippen LogP) is 1.58. The standard InChI is InChI=1S/C18H23N3O5/c1-4-25-14-8-7-13(10-16(14)24-3)11-21(2)12-17(22)19-20-18(23)15-6-5-9-26-15/h5-10H,4,11-12H2,1-3H3,(H,19,22)(H,20,23). The lowest BCUT2D eigenvalue weighted by atomic mass is 10.2. The van der Waals surface area contributed by atoms with Crippen LogP contribution in [0.4, 0.5) is 0 Å². The van der Waals surface area contributed by atoms with Crippen LogP contribution < -0.4 is 20.3 Å². The number of ether oxygens (including phenoxy) is 2. The molecule has 8 nitrogen and oxygen atoms in total. The predicted molar refractivity (Wildman–Crippen MR) is 94.8 cm³/mol. The Hall–Kier alpha value is -3.00. The van der Waals surface area contributed by atoms with Crippen molar-refractivity contribution >= 4 is 11.8 Å². The molecule has 2 aromatic rings. The monoisotopic (exact) mass is 361 g/mol. The number of furan rings is 1. The Morgan fingerprint density at radius 3 is 2.65 bits per heavy atom. The van der Waals surface area contributed by atoms with E-state index in [1.807, 2.05) is 30.0 Å². The molecular formula is C18H23N3O5. The molecule has 0 bridgehead atoms. The number of likely N-dealkylation sites (N-methyl/N-ethyl adjacent to an activating group) is 1. The summed E-state index contributed by atoms with van der Waals surface area (Å²) in [4.78, 5) is 25.4. The second kappa shape index (κ2) is 9.47. The summed E-state index contributed by atoms with van der Waals surface area (Å²) in [6.45, 7) is 3.10. The fourth-order valence-corrected chi connectivity index (χ4v) is 2.33. The van der Waals surface area contributed by atoms with E-state index in [9.17, 15) is 9.59 Å². The molecule has 0 atom stereocenters. The lowest BCUT2D eigenvalue weighted by Gasteiger charge is -2.17. The van der Waals surface area contributed by atoms with Crippen molar-refractivity contribution in [3.8, 4) is 11.5 Å². The Labute approximate surface area is 152 Å². The van der Waals surface area contributed by atoms with E-state index in [2.05, 4.69) is 10.9 Å². The van der Waals surface area contributed by atoms with Gasteiger partial charge in [0.1, 0.15) is 0 Å². The molecule has 0 aliphatic heterocycles. The van der Waals surface area contributed by atoms with Crippen molar-refractivity contribution in [1.82, 2.24) is 15.8 Å². The number of methoxy groups -OCH3 is 1. The highest BCUT2D eigenvalue weighted by Gasteiger charge is 2.12. The number of hydrazine groups is 1. The Kier molecular flexibility index (Phi) is 7.04. The highest BCUT2D eigenvalue weighted by molar-refractivity contribution is 5.93. The number of benzene rings is 1. The van der Waals surface area contributed by atoms with Gasteiger partial charge in [-0.25, -0.2) is 0 Å². The van der Waals surface area contributed by atoms with Crippen LogP contribution in [0.3, 0.4) is 0 Å². The highest BCUT2D eigenvalue weighted by atomic mass is 16.5. The molecular weight excluding hydrogens is 338 g/mol. The Balaban J connectivity index is 1.83. The van der Waals surface area contributed by atoms with Gasteiger partial charge >= 0.3 is 5.91 Å². The molecule has 1 heterocycles. The van der Waals surface area contributed by atoms with E-state index < -0.39 is 5.91 Å². The Morgan fingerprint density at radius 2 is 2.00 bits per heavy atom. The molecule has 2 rings (SSSR count). The zero-order valence-corrected chi connectivity index (χ0v) is 15.1. The number of hydrogen-bond donors (Lipinski definition) is 2. The van der Waals surface area contributed by atoms with Crippen molar-refractivity contribution in [3.05, 3.63) is 47.9 Å². The van der Waals surface area contributed by atoms with Gasteiger partial charge in [0.05, 0.1) is 26.5 Å². The molecule has 0 radical (unpaired) electrons. The molecule has 0 saturated heterocycles. The highest BCUT2D eigenvalue weighted by Crippen LogP contribution is 2.28. The number of nitrogens with zero attached hydrogens (tertiary/aromatic N) is 1. The molecule has 1 aromatic carbocycles. The zero-order valence-electron chi connectivity index (χ0n) is 15.1. The molecule has 0 aliphatic rings. The van der Waals surface area contributed by atoms with Gasteiger partial charge in [-0.15, -0.1) is 0 Å². The number of carbonyl (C=O) groups excluding carboxylic acids is 2. The summed E-state index contributed by atoms with van der Waals surface area (Å²) in [5, 5.41) is 0. The maximum Gasteiger partial charge on any atom is 0.305 e. The van der Waals surface area contributed by atoms with Crippen molar-refractivity contribution in [2.45, 2.75) is 13.5 Å². The lowest BCUT2D eigenvalue weighted by molar-refractivity contribution is -0.122. The Morgan fingerprint density at radius 1 is 1.19 bits per heavy atom. The van der Waals surface area contributed by atoms with E-state index in [1.54, 1.807) is 20.2 Å². The first-order valence-corrected chi connectivity index (χ1v) is 8.14. The molecule has 0 aliphatic carbocycles. The average molecular weight is 361 g/mol. The van der Waals surface area contributed by atoms with Crippen LogP contribution in [0.5, 0.6) is 11.5 Å². The van der Waals surface area contributed by atoms with Gasteiger partial charge in [0, 0.05) is 6.54 Å². The van der Waals surface area contributed by atoms with Crippen LogP contribution in [0.2, 0.25) is 0 Å². The van der Waals surface area contributed by atoms with Gasteiger partial charge in [0.15, 0.2) is 17.3 Å². The first kappa shape index (κ1) is 19.3. The van der Waals surface area contributed by atoms with Crippen molar-refractivity contribution in [3.63, 3.8) is 0 Å². The summed E-state index contributed by atoms with van der Waals surface area (Å²) in [7, 11) is 3.39. The van der Waals surface area contributed by atoms with Crippen molar-refractivity contribution in [2.75, 3.05) is 27.3 Å². The molecule has 26 heavy (non-hydrogen) atoms. The topological polar surface area (TPSA) is 93.0 Å². The van der Waals surface area contributed by atoms with Gasteiger partial charge in [-0.2, -0.15) is 0 Å². The number of nitrogens with one attached hydrogen (secondary N) is 2. The summed E-state index contributed by atoms with van der Waals surface area (Å²) in [6, 6.07) is 8.73. The van der Waals surface area contributed by atoms with E-state index in [1.165, 1.54) is 12.3 Å². The number of hydrogen-bond acceptors (Lipinski definition) is 6. The van der Waals surface area contributed by atoms with Gasteiger partial charge in [0.2, 0.25) is 0 Å². The summed E-state index contributed by atoms with van der Waals surface area (Å²) < 4.78 is 15.7. The lowest BCUT2D eigenvalue weighted by Crippen LogP contribution is -2.45. The van der Waals surface area contributed by atoms with Gasteiger partial charge in [-0.1, -0.05) is 6.07 Å². The fourth-order valence-electron chi connectivity index (χ4n) is 2.33. The van der Waals surface area contributed by atoms with Crippen LogP contribution in [0.1, 0.15) is 23.0 Å². The van der Waals surface area contributed by atoms with Crippen LogP contribution >= 0.6 is 0 Å². The van der Waals surface area contributed by atoms with Gasteiger partial charge in [-0.05, 0) is 43.8 Å². The number of rotatable bonds is 8. The van der Waals surface area contributed by atoms with E-state index in [0.29, 0.717) is 24.7 Å². The third-order valence-electron chi connectivity index (χ3n) is 3.45. The normalized spacial score (nSPS) is 10.5. The van der Waals surface area contributed by atoms with Crippen molar-refractivity contribution in [2.24, 2.45) is 0 Å². The van der Waals surface area contributed by atoms with E-state index >= 15 is 0 Å². The summed E-state index contributed by atoms with van der Waals surface area (Å²) in [5.41, 5.74) is 5.62. The van der Waals surface area contributed by atoms with Gasteiger partial charge in [0.25, 0.3) is 5.91 Å². The molecule has 8 heteroatoms. The van der Waals surface area contributed by atoms with Crippen LogP contribution in [-0.4, -0.2) is 44.0 Å². The zero-order chi connectivity index (χ0) is 18.9. The first-order valence-electron chi connectivity index (χ1n) is 8.14. The SMILES string of the molecule is CCOc1ccc(CN(C)CC(=O)NNC(=O)c2ccco2)cc1OC. The smallest absolute Gasteiger partial charge is 0.305 e. The number of carbonyl (C=O) groups is 2. The van der Waals surface area contributed by atoms with E-state index in [-0.39, 0.29) is 18.2 Å². The van der Waals surface area contributed by atoms with Crippen LogP contribution in [0.25, 0.3) is 0 Å². The maximum absolute atomic E-state index is 11.9. The summed E-state index contributed by atoms with van der Waals surface area (Å²) >= 11 is 0. The van der Waals surface area contributed by atoms with E-state index in [0.717, 1.165) is 5.56 Å². The maximum atomic E-state index is 11.9. The average Bonchev–Trinajstić information content (AvgIpc) is 3.15. The third-order valence-corrected chi connectivity index (χ3v) is 3.45. The quantitative estimate of drug-likeness (QED) is 0.694. The minimum atomic E-state index is -0.512. The molecule has 140 valence electrons. The van der Waals surface area contributed by atoms with Gasteiger partial charge in [-0.3, -0.25) is 25.3 Å². The largest absolute Gasteiger partial charge is 0.493 e. The molecule has 0 unspecified atom stereocenters. The van der Waals surface area contributed by atoms with Crippen LogP contribution in [0.15, 0.2) is 41.0 Å². The molecule has 2 amide bonds. The van der Waals surface area contributed by atoms with Crippen molar-refractivity contribution in [1.29, 1.82) is 0 Å². The molecule has 2 N–H and O–H groups in total. The molecule has 0 spiro atoms. The second-order valence-electron chi connectivity index (χ2n) is 5.57. The summed E-state index contributed by atoms with van der Waals surface area (Å²) in [5.74, 6) is 0.598. The minimum absolute atomic E-state index is 0.105. The summed E-state index contributed by atoms with van der Waals surface area (Å²) in [6.07, 6.45) is 1.38. The van der Waals surface area contributed by atoms with Crippen LogP contribution in [-0.2, 0) is 11.3 Å². The third kappa shape index (κ3) is 5.52. The van der Waals surface area contributed by atoms with E-state index in [4.69, 9.17) is 13.9 Å². The minimum Gasteiger partial charge on any atom is -0.493 e. The van der Waals surface area contributed by atoms with Gasteiger partial charge < -0.3 is 13.9 Å². The van der Waals surface area contributed by atoms with Crippen LogP contribution in [0, 0.1) is 0 Å². The first-order chi connectivity index (χ1) is 12.5. The molecule has 1 aromatic heterocycles.